The highest BCUT2D eigenvalue weighted by atomic mass is 19.3. The topological polar surface area (TPSA) is 76.1 Å². The van der Waals surface area contributed by atoms with E-state index in [-0.39, 0.29) is 29.8 Å². The molecule has 2 aliphatic heterocycles. The van der Waals surface area contributed by atoms with Gasteiger partial charge in [-0.15, -0.1) is 8.78 Å². The summed E-state index contributed by atoms with van der Waals surface area (Å²) in [5.74, 6) is 0.0500. The van der Waals surface area contributed by atoms with Gasteiger partial charge >= 0.3 is 6.29 Å². The molecule has 2 fully saturated rings. The fourth-order valence-electron chi connectivity index (χ4n) is 5.14. The summed E-state index contributed by atoms with van der Waals surface area (Å²) in [6.07, 6.45) is -2.37. The van der Waals surface area contributed by atoms with Crippen molar-refractivity contribution in [3.05, 3.63) is 71.4 Å². The minimum atomic E-state index is -3.69. The summed E-state index contributed by atoms with van der Waals surface area (Å²) >= 11 is 0. The van der Waals surface area contributed by atoms with Crippen LogP contribution in [0.15, 0.2) is 54.6 Å². The molecule has 0 N–H and O–H groups in total. The Bertz CT molecular complexity index is 1420. The van der Waals surface area contributed by atoms with Gasteiger partial charge < -0.3 is 23.7 Å². The molecule has 39 heavy (non-hydrogen) atoms. The average molecular weight is 538 g/mol. The van der Waals surface area contributed by atoms with Crippen LogP contribution in [0, 0.1) is 6.92 Å². The number of fused-ring (bicyclic) bond motifs is 1. The molecule has 0 amide bonds. The van der Waals surface area contributed by atoms with E-state index < -0.39 is 17.5 Å². The van der Waals surface area contributed by atoms with Crippen LogP contribution in [-0.2, 0) is 26.1 Å². The number of carbonyl (C=O) groups is 1. The van der Waals surface area contributed by atoms with Gasteiger partial charge in [0, 0.05) is 17.7 Å². The molecule has 3 aromatic rings. The molecule has 3 heterocycles. The van der Waals surface area contributed by atoms with Crippen LogP contribution >= 0.6 is 0 Å². The molecule has 1 saturated heterocycles. The van der Waals surface area contributed by atoms with Crippen LogP contribution in [0.5, 0.6) is 17.2 Å². The third-order valence-corrected chi connectivity index (χ3v) is 7.36. The number of ether oxygens (including phenoxy) is 5. The van der Waals surface area contributed by atoms with Gasteiger partial charge in [-0.25, -0.2) is 0 Å². The first kappa shape index (κ1) is 25.7. The highest BCUT2D eigenvalue weighted by Crippen LogP contribution is 2.52. The fraction of sp³-hybridized carbons (Fsp3) is 0.400. The van der Waals surface area contributed by atoms with Gasteiger partial charge in [0.15, 0.2) is 17.3 Å². The number of benzene rings is 2. The molecular formula is C30H29F2NO6. The predicted molar refractivity (Wildman–Crippen MR) is 137 cm³/mol. The van der Waals surface area contributed by atoms with Gasteiger partial charge in [-0.3, -0.25) is 9.78 Å². The number of Topliss-reactive ketones (excluding diaryl/α,β-unsaturated/α-hetero) is 1. The van der Waals surface area contributed by atoms with Crippen LogP contribution in [0.25, 0.3) is 11.3 Å². The molecule has 0 unspecified atom stereocenters. The normalized spacial score (nSPS) is 21.5. The molecule has 6 rings (SSSR count). The zero-order valence-corrected chi connectivity index (χ0v) is 22.0. The molecule has 9 heteroatoms. The minimum Gasteiger partial charge on any atom is -0.491 e. The maximum absolute atomic E-state index is 13.5. The van der Waals surface area contributed by atoms with Crippen LogP contribution in [0.4, 0.5) is 8.78 Å². The fourth-order valence-corrected chi connectivity index (χ4v) is 5.14. The summed E-state index contributed by atoms with van der Waals surface area (Å²) in [6.45, 7) is 6.62. The van der Waals surface area contributed by atoms with Crippen LogP contribution in [-0.4, -0.2) is 42.2 Å². The Hall–Kier alpha value is -3.56. The van der Waals surface area contributed by atoms with Gasteiger partial charge in [0.05, 0.1) is 17.7 Å². The Morgan fingerprint density at radius 1 is 1.03 bits per heavy atom. The van der Waals surface area contributed by atoms with E-state index >= 15 is 0 Å². The second kappa shape index (κ2) is 9.27. The van der Waals surface area contributed by atoms with Crippen LogP contribution in [0.2, 0.25) is 0 Å². The first-order valence-electron chi connectivity index (χ1n) is 13.0. The second-order valence-corrected chi connectivity index (χ2v) is 10.8. The van der Waals surface area contributed by atoms with E-state index in [9.17, 15) is 13.6 Å². The number of halogens is 2. The van der Waals surface area contributed by atoms with Gasteiger partial charge in [0.2, 0.25) is 0 Å². The van der Waals surface area contributed by atoms with E-state index in [0.717, 1.165) is 16.8 Å². The smallest absolute Gasteiger partial charge is 0.491 e. The van der Waals surface area contributed by atoms with Gasteiger partial charge in [-0.05, 0) is 87.2 Å². The maximum atomic E-state index is 13.5. The Kier molecular flexibility index (Phi) is 6.11. The number of hydrogen-bond donors (Lipinski definition) is 0. The largest absolute Gasteiger partial charge is 0.586 e. The Balaban J connectivity index is 1.14. The van der Waals surface area contributed by atoms with E-state index in [4.69, 9.17) is 19.2 Å². The molecule has 1 atom stereocenters. The summed E-state index contributed by atoms with van der Waals surface area (Å²) in [5.41, 5.74) is 3.28. The van der Waals surface area contributed by atoms with E-state index in [2.05, 4.69) is 9.47 Å². The van der Waals surface area contributed by atoms with Crippen molar-refractivity contribution in [1.82, 2.24) is 4.98 Å². The van der Waals surface area contributed by atoms with Crippen molar-refractivity contribution in [3.63, 3.8) is 0 Å². The van der Waals surface area contributed by atoms with E-state index in [1.165, 1.54) is 12.1 Å². The molecule has 0 bridgehead atoms. The summed E-state index contributed by atoms with van der Waals surface area (Å²) < 4.78 is 53.2. The lowest BCUT2D eigenvalue weighted by molar-refractivity contribution is -0.286. The molecule has 1 aliphatic carbocycles. The highest BCUT2D eigenvalue weighted by molar-refractivity contribution is 5.94. The molecule has 3 aliphatic rings. The first-order valence-corrected chi connectivity index (χ1v) is 13.0. The molecule has 1 saturated carbocycles. The lowest BCUT2D eigenvalue weighted by atomic mass is 9.88. The first-order chi connectivity index (χ1) is 18.5. The molecule has 0 spiro atoms. The van der Waals surface area contributed by atoms with Crippen molar-refractivity contribution in [1.29, 1.82) is 0 Å². The highest BCUT2D eigenvalue weighted by Gasteiger charge is 2.52. The number of carbonyl (C=O) groups excluding carboxylic acids is 1. The molecule has 0 radical (unpaired) electrons. The monoisotopic (exact) mass is 537 g/mol. The maximum Gasteiger partial charge on any atom is 0.586 e. The molecular weight excluding hydrogens is 508 g/mol. The summed E-state index contributed by atoms with van der Waals surface area (Å²) in [6, 6.07) is 16.1. The molecule has 1 aromatic heterocycles. The molecule has 2 aromatic carbocycles. The summed E-state index contributed by atoms with van der Waals surface area (Å²) in [7, 11) is 0. The SMILES string of the molecule is Cc1ccc(CC(=O)C2(c3ccc4c(c3)OC(F)(F)O4)CC2)nc1-c1ccc(OC[C@@H]2COC(C)(C)O2)cc1. The number of ketones is 1. The van der Waals surface area contributed by atoms with Crippen molar-refractivity contribution >= 4 is 5.78 Å². The average Bonchev–Trinajstić information content (AvgIpc) is 3.54. The van der Waals surface area contributed by atoms with Gasteiger partial charge in [0.1, 0.15) is 24.2 Å². The zero-order valence-electron chi connectivity index (χ0n) is 22.0. The Morgan fingerprint density at radius 2 is 1.77 bits per heavy atom. The lowest BCUT2D eigenvalue weighted by Crippen LogP contribution is -2.26. The van der Waals surface area contributed by atoms with Crippen molar-refractivity contribution in [2.75, 3.05) is 13.2 Å². The van der Waals surface area contributed by atoms with Crippen molar-refractivity contribution in [2.24, 2.45) is 0 Å². The quantitative estimate of drug-likeness (QED) is 0.362. The number of hydrogen-bond acceptors (Lipinski definition) is 7. The number of alkyl halides is 2. The minimum absolute atomic E-state index is 0.000431. The summed E-state index contributed by atoms with van der Waals surface area (Å²) in [4.78, 5) is 18.2. The van der Waals surface area contributed by atoms with Gasteiger partial charge in [-0.2, -0.15) is 0 Å². The standard InChI is InChI=1S/C30H29F2NO6/c1-18-4-8-21(15-26(34)29(12-13-29)20-7-11-24-25(14-20)39-30(31,32)38-24)33-27(18)19-5-9-22(10-6-19)35-16-23-17-36-28(2,3)37-23/h4-11,14,23H,12-13,15-17H2,1-3H3/t23-/m1/s1. The van der Waals surface area contributed by atoms with Crippen molar-refractivity contribution in [2.45, 2.75) is 63.6 Å². The van der Waals surface area contributed by atoms with E-state index in [1.807, 2.05) is 57.2 Å². The van der Waals surface area contributed by atoms with Crippen LogP contribution in [0.1, 0.15) is 43.5 Å². The number of rotatable bonds is 8. The summed E-state index contributed by atoms with van der Waals surface area (Å²) in [5, 5.41) is 0. The number of nitrogens with zero attached hydrogens (tertiary/aromatic N) is 1. The second-order valence-electron chi connectivity index (χ2n) is 10.8. The van der Waals surface area contributed by atoms with Gasteiger partial charge in [0.25, 0.3) is 0 Å². The molecule has 204 valence electrons. The van der Waals surface area contributed by atoms with Crippen molar-refractivity contribution < 1.29 is 37.3 Å². The number of aromatic nitrogens is 1. The van der Waals surface area contributed by atoms with Crippen molar-refractivity contribution in [3.8, 4) is 28.5 Å². The van der Waals surface area contributed by atoms with E-state index in [1.54, 1.807) is 6.07 Å². The van der Waals surface area contributed by atoms with Crippen LogP contribution < -0.4 is 14.2 Å². The Labute approximate surface area is 225 Å². The third kappa shape index (κ3) is 5.21. The lowest BCUT2D eigenvalue weighted by Gasteiger charge is -2.17. The molecule has 7 nitrogen and oxygen atoms in total. The third-order valence-electron chi connectivity index (χ3n) is 7.36. The van der Waals surface area contributed by atoms with Gasteiger partial charge in [-0.1, -0.05) is 12.1 Å². The van der Waals surface area contributed by atoms with E-state index in [0.29, 0.717) is 43.1 Å². The van der Waals surface area contributed by atoms with Crippen LogP contribution in [0.3, 0.4) is 0 Å². The predicted octanol–water partition coefficient (Wildman–Crippen LogP) is 5.75. The number of aryl methyl sites for hydroxylation is 1. The Morgan fingerprint density at radius 3 is 2.46 bits per heavy atom. The number of pyridine rings is 1. The zero-order chi connectivity index (χ0) is 27.4.